The van der Waals surface area contributed by atoms with Crippen LogP contribution in [0.5, 0.6) is 0 Å². The van der Waals surface area contributed by atoms with Crippen molar-refractivity contribution in [2.45, 2.75) is 38.2 Å². The van der Waals surface area contributed by atoms with Crippen LogP contribution in [0.25, 0.3) is 0 Å². The highest BCUT2D eigenvalue weighted by Gasteiger charge is 2.17. The number of hydrogen-bond acceptors (Lipinski definition) is 6. The Morgan fingerprint density at radius 1 is 0.639 bits per heavy atom. The summed E-state index contributed by atoms with van der Waals surface area (Å²) in [5.74, 6) is -0.682. The normalized spacial score (nSPS) is 12.2. The van der Waals surface area contributed by atoms with Crippen LogP contribution in [0.3, 0.4) is 0 Å². The fourth-order valence-corrected chi connectivity index (χ4v) is 4.45. The van der Waals surface area contributed by atoms with Gasteiger partial charge in [0.25, 0.3) is 0 Å². The number of amides is 4. The second-order valence-corrected chi connectivity index (χ2v) is 10.2. The van der Waals surface area contributed by atoms with Crippen LogP contribution in [0.1, 0.15) is 37.8 Å². The highest BCUT2D eigenvalue weighted by Crippen LogP contribution is 2.11. The van der Waals surface area contributed by atoms with Gasteiger partial charge in [0, 0.05) is 37.4 Å². The molecule has 0 bridgehead atoms. The lowest BCUT2D eigenvalue weighted by Gasteiger charge is -2.14. The fraction of sp³-hybridized carbons (Fsp3) is 0.385. The molecule has 2 rings (SSSR count). The van der Waals surface area contributed by atoms with Gasteiger partial charge in [-0.25, -0.2) is 0 Å². The van der Waals surface area contributed by atoms with E-state index in [1.165, 1.54) is 23.9 Å². The molecule has 0 saturated heterocycles. The topological polar surface area (TPSA) is 116 Å². The van der Waals surface area contributed by atoms with Gasteiger partial charge in [-0.1, -0.05) is 74.5 Å². The molecule has 0 fully saturated rings. The number of nitrogens with one attached hydrogen (secondary N) is 4. The van der Waals surface area contributed by atoms with E-state index in [0.29, 0.717) is 11.5 Å². The van der Waals surface area contributed by atoms with Crippen molar-refractivity contribution in [2.24, 2.45) is 11.8 Å². The first-order valence-electron chi connectivity index (χ1n) is 11.8. The van der Waals surface area contributed by atoms with Crippen molar-refractivity contribution in [1.29, 1.82) is 0 Å². The lowest BCUT2D eigenvalue weighted by molar-refractivity contribution is -0.139. The molecular weight excluding hydrogens is 496 g/mol. The molecular formula is C26H34N4O4S2. The van der Waals surface area contributed by atoms with E-state index in [2.05, 4.69) is 20.1 Å². The fourth-order valence-electron chi connectivity index (χ4n) is 3.10. The van der Waals surface area contributed by atoms with Crippen LogP contribution < -0.4 is 20.1 Å². The summed E-state index contributed by atoms with van der Waals surface area (Å²) in [6, 6.07) is 19.6. The molecule has 2 unspecified atom stereocenters. The van der Waals surface area contributed by atoms with Crippen LogP contribution in [0, 0.1) is 11.8 Å². The summed E-state index contributed by atoms with van der Waals surface area (Å²) in [6.45, 7) is 4.07. The Kier molecular flexibility index (Phi) is 13.5. The third-order valence-corrected chi connectivity index (χ3v) is 6.73. The zero-order chi connectivity index (χ0) is 26.2. The van der Waals surface area contributed by atoms with Gasteiger partial charge in [0.2, 0.25) is 11.8 Å². The summed E-state index contributed by atoms with van der Waals surface area (Å²) in [6.07, 6.45) is 0.468. The van der Waals surface area contributed by atoms with Crippen LogP contribution in [0.2, 0.25) is 0 Å². The van der Waals surface area contributed by atoms with Crippen molar-refractivity contribution in [1.82, 2.24) is 20.1 Å². The maximum atomic E-state index is 12.1. The van der Waals surface area contributed by atoms with Crippen LogP contribution in [-0.4, -0.2) is 36.7 Å². The summed E-state index contributed by atoms with van der Waals surface area (Å²) in [7, 11) is 0. The number of carbonyl (C=O) groups is 4. The second kappa shape index (κ2) is 16.6. The zero-order valence-corrected chi connectivity index (χ0v) is 22.3. The molecule has 194 valence electrons. The summed E-state index contributed by atoms with van der Waals surface area (Å²) in [5.41, 5.74) is 2.23. The van der Waals surface area contributed by atoms with E-state index in [-0.39, 0.29) is 49.6 Å². The van der Waals surface area contributed by atoms with E-state index in [1.54, 1.807) is 0 Å². The van der Waals surface area contributed by atoms with Crippen molar-refractivity contribution in [3.05, 3.63) is 71.8 Å². The minimum Gasteiger partial charge on any atom is -0.348 e. The molecule has 36 heavy (non-hydrogen) atoms. The molecule has 0 radical (unpaired) electrons. The van der Waals surface area contributed by atoms with Crippen molar-refractivity contribution < 1.29 is 19.2 Å². The van der Waals surface area contributed by atoms with Gasteiger partial charge < -0.3 is 10.6 Å². The lowest BCUT2D eigenvalue weighted by Crippen LogP contribution is -2.43. The predicted molar refractivity (Wildman–Crippen MR) is 145 cm³/mol. The first kappa shape index (κ1) is 29.3. The summed E-state index contributed by atoms with van der Waals surface area (Å²) < 4.78 is 5.59. The van der Waals surface area contributed by atoms with E-state index < -0.39 is 11.8 Å². The molecule has 0 aliphatic carbocycles. The van der Waals surface area contributed by atoms with E-state index in [4.69, 9.17) is 0 Å². The number of hydrogen-bond donors (Lipinski definition) is 4. The highest BCUT2D eigenvalue weighted by molar-refractivity contribution is 7.97. The third-order valence-electron chi connectivity index (χ3n) is 5.03. The smallest absolute Gasteiger partial charge is 0.309 e. The minimum absolute atomic E-state index is 0.129. The predicted octanol–water partition coefficient (Wildman–Crippen LogP) is 3.20. The molecule has 4 N–H and O–H groups in total. The number of carbonyl (C=O) groups excluding carboxylic acids is 4. The first-order chi connectivity index (χ1) is 17.3. The lowest BCUT2D eigenvalue weighted by atomic mass is 10.1. The molecule has 2 atom stereocenters. The highest BCUT2D eigenvalue weighted by atomic mass is 32.2. The molecule has 0 aromatic heterocycles. The zero-order valence-electron chi connectivity index (χ0n) is 20.6. The Bertz CT molecular complexity index is 897. The largest absolute Gasteiger partial charge is 0.348 e. The van der Waals surface area contributed by atoms with Gasteiger partial charge in [-0.2, -0.15) is 0 Å². The molecule has 10 heteroatoms. The van der Waals surface area contributed by atoms with Crippen molar-refractivity contribution in [3.63, 3.8) is 0 Å². The molecule has 0 aliphatic rings. The summed E-state index contributed by atoms with van der Waals surface area (Å²) in [4.78, 5) is 48.3. The standard InChI is InChI=1S/C26H34N4O4S2/c1-19(13-23(31)29-35-17-21-9-5-3-6-10-21)15-27-25(33)26(34)28-16-20(2)14-24(32)30-36-18-22-11-7-4-8-12-22/h3-12,19-20H,13-18H2,1-2H3,(H,27,33)(H,28,34)(H,29,31)(H,30,32). The first-order valence-corrected chi connectivity index (χ1v) is 13.8. The Hall–Kier alpha value is -2.98. The average molecular weight is 531 g/mol. The van der Waals surface area contributed by atoms with Gasteiger partial charge in [-0.3, -0.25) is 28.6 Å². The van der Waals surface area contributed by atoms with Gasteiger partial charge in [0.15, 0.2) is 0 Å². The van der Waals surface area contributed by atoms with Crippen LogP contribution in [0.15, 0.2) is 60.7 Å². The van der Waals surface area contributed by atoms with Gasteiger partial charge >= 0.3 is 11.8 Å². The Morgan fingerprint density at radius 2 is 1.00 bits per heavy atom. The summed E-state index contributed by atoms with van der Waals surface area (Å²) >= 11 is 2.64. The van der Waals surface area contributed by atoms with E-state index in [1.807, 2.05) is 74.5 Å². The molecule has 0 aliphatic heterocycles. The molecule has 2 aromatic rings. The average Bonchev–Trinajstić information content (AvgIpc) is 2.87. The van der Waals surface area contributed by atoms with Gasteiger partial charge in [0.05, 0.1) is 0 Å². The van der Waals surface area contributed by atoms with Crippen LogP contribution in [0.4, 0.5) is 0 Å². The SMILES string of the molecule is CC(CNC(=O)C(=O)NCC(C)CC(=O)NSCc1ccccc1)CC(=O)NSCc1ccccc1. The maximum absolute atomic E-state index is 12.1. The Labute approximate surface area is 221 Å². The van der Waals surface area contributed by atoms with Crippen molar-refractivity contribution in [2.75, 3.05) is 13.1 Å². The minimum atomic E-state index is -0.754. The quantitative estimate of drug-likeness (QED) is 0.220. The second-order valence-electron chi connectivity index (χ2n) is 8.64. The number of rotatable bonds is 14. The molecule has 0 heterocycles. The van der Waals surface area contributed by atoms with Crippen molar-refractivity contribution >= 4 is 47.5 Å². The van der Waals surface area contributed by atoms with Crippen molar-refractivity contribution in [3.8, 4) is 0 Å². The van der Waals surface area contributed by atoms with Gasteiger partial charge in [-0.05, 0) is 46.9 Å². The van der Waals surface area contributed by atoms with Crippen LogP contribution in [-0.2, 0) is 30.7 Å². The maximum Gasteiger partial charge on any atom is 0.309 e. The van der Waals surface area contributed by atoms with Gasteiger partial charge in [0.1, 0.15) is 0 Å². The molecule has 4 amide bonds. The molecule has 8 nitrogen and oxygen atoms in total. The van der Waals surface area contributed by atoms with E-state index in [9.17, 15) is 19.2 Å². The number of benzene rings is 2. The van der Waals surface area contributed by atoms with Crippen LogP contribution >= 0.6 is 23.9 Å². The molecule has 0 saturated carbocycles. The molecule has 0 spiro atoms. The Balaban J connectivity index is 1.54. The van der Waals surface area contributed by atoms with E-state index >= 15 is 0 Å². The molecule has 2 aromatic carbocycles. The summed E-state index contributed by atoms with van der Waals surface area (Å²) in [5, 5.41) is 5.11. The van der Waals surface area contributed by atoms with E-state index in [0.717, 1.165) is 11.1 Å². The monoisotopic (exact) mass is 530 g/mol. The Morgan fingerprint density at radius 3 is 1.36 bits per heavy atom. The third kappa shape index (κ3) is 12.6. The van der Waals surface area contributed by atoms with Gasteiger partial charge in [-0.15, -0.1) is 0 Å².